The van der Waals surface area contributed by atoms with Crippen molar-refractivity contribution >= 4 is 10.8 Å². The van der Waals surface area contributed by atoms with Gasteiger partial charge in [0.1, 0.15) is 5.82 Å². The van der Waals surface area contributed by atoms with Gasteiger partial charge < -0.3 is 4.90 Å². The summed E-state index contributed by atoms with van der Waals surface area (Å²) < 4.78 is 24.3. The maximum atomic E-state index is 12.6. The maximum Gasteiger partial charge on any atom is 0.123 e. The minimum absolute atomic E-state index is 0.288. The van der Waals surface area contributed by atoms with Crippen LogP contribution in [0.2, 0.25) is 0 Å². The van der Waals surface area contributed by atoms with Crippen LogP contribution in [0.25, 0.3) is 0 Å². The Bertz CT molecular complexity index is 324. The molecule has 0 spiro atoms. The van der Waals surface area contributed by atoms with Crippen molar-refractivity contribution in [3.05, 3.63) is 30.1 Å². The fraction of sp³-hybridized carbons (Fsp3) is 0.455. The van der Waals surface area contributed by atoms with Crippen LogP contribution in [0, 0.1) is 5.82 Å². The highest BCUT2D eigenvalue weighted by atomic mass is 32.2. The lowest BCUT2D eigenvalue weighted by Gasteiger charge is -2.08. The van der Waals surface area contributed by atoms with Gasteiger partial charge in [-0.3, -0.25) is 4.21 Å². The van der Waals surface area contributed by atoms with Gasteiger partial charge in [0.15, 0.2) is 0 Å². The van der Waals surface area contributed by atoms with E-state index in [0.717, 1.165) is 13.0 Å². The number of halogens is 1. The molecule has 1 rings (SSSR count). The highest BCUT2D eigenvalue weighted by molar-refractivity contribution is 7.85. The summed E-state index contributed by atoms with van der Waals surface area (Å²) in [6.07, 6.45) is 0.886. The standard InChI is InChI=1S/C11H16FNOS/c1-13(2)8-3-9-15(14)11-6-4-10(12)5-7-11/h4-7H,3,8-9H2,1-2H3. The first-order chi connectivity index (χ1) is 7.09. The molecule has 1 aromatic rings. The predicted octanol–water partition coefficient (Wildman–Crippen LogP) is 1.89. The Morgan fingerprint density at radius 2 is 1.87 bits per heavy atom. The smallest absolute Gasteiger partial charge is 0.123 e. The number of rotatable bonds is 5. The third-order valence-corrected chi connectivity index (χ3v) is 3.47. The van der Waals surface area contributed by atoms with Crippen LogP contribution < -0.4 is 0 Å². The molecule has 84 valence electrons. The molecule has 0 aromatic heterocycles. The Kier molecular flexibility index (Phi) is 4.91. The summed E-state index contributed by atoms with van der Waals surface area (Å²) in [5.74, 6) is 0.341. The van der Waals surface area contributed by atoms with Gasteiger partial charge in [-0.1, -0.05) is 0 Å². The maximum absolute atomic E-state index is 12.6. The third-order valence-electron chi connectivity index (χ3n) is 2.01. The Hall–Kier alpha value is -0.740. The number of nitrogens with zero attached hydrogens (tertiary/aromatic N) is 1. The SMILES string of the molecule is CN(C)CCCS(=O)c1ccc(F)cc1. The first-order valence-electron chi connectivity index (χ1n) is 4.88. The Morgan fingerprint density at radius 1 is 1.27 bits per heavy atom. The van der Waals surface area contributed by atoms with E-state index in [2.05, 4.69) is 4.90 Å². The molecule has 1 unspecified atom stereocenters. The van der Waals surface area contributed by atoms with Gasteiger partial charge in [0.2, 0.25) is 0 Å². The van der Waals surface area contributed by atoms with Crippen molar-refractivity contribution in [2.75, 3.05) is 26.4 Å². The van der Waals surface area contributed by atoms with E-state index in [-0.39, 0.29) is 5.82 Å². The van der Waals surface area contributed by atoms with Gasteiger partial charge in [0.25, 0.3) is 0 Å². The fourth-order valence-electron chi connectivity index (χ4n) is 1.22. The molecule has 0 bridgehead atoms. The van der Waals surface area contributed by atoms with Gasteiger partial charge in [-0.2, -0.15) is 0 Å². The second-order valence-electron chi connectivity index (χ2n) is 3.66. The number of benzene rings is 1. The van der Waals surface area contributed by atoms with Crippen molar-refractivity contribution in [3.8, 4) is 0 Å². The molecular weight excluding hydrogens is 213 g/mol. The third kappa shape index (κ3) is 4.53. The highest BCUT2D eigenvalue weighted by Crippen LogP contribution is 2.08. The highest BCUT2D eigenvalue weighted by Gasteiger charge is 2.03. The lowest BCUT2D eigenvalue weighted by Crippen LogP contribution is -2.15. The van der Waals surface area contributed by atoms with Crippen LogP contribution >= 0.6 is 0 Å². The molecule has 4 heteroatoms. The minimum atomic E-state index is -1.00. The quantitative estimate of drug-likeness (QED) is 0.768. The largest absolute Gasteiger partial charge is 0.309 e. The van der Waals surface area contributed by atoms with Gasteiger partial charge >= 0.3 is 0 Å². The van der Waals surface area contributed by atoms with Crippen LogP contribution in [-0.4, -0.2) is 35.5 Å². The minimum Gasteiger partial charge on any atom is -0.309 e. The van der Waals surface area contributed by atoms with Gasteiger partial charge in [0.05, 0.1) is 10.8 Å². The van der Waals surface area contributed by atoms with Gasteiger partial charge in [-0.05, 0) is 51.3 Å². The molecule has 0 aliphatic rings. The van der Waals surface area contributed by atoms with Crippen LogP contribution in [0.3, 0.4) is 0 Å². The van der Waals surface area contributed by atoms with Crippen LogP contribution in [0.4, 0.5) is 4.39 Å². The van der Waals surface area contributed by atoms with Crippen molar-refractivity contribution in [1.29, 1.82) is 0 Å². The second kappa shape index (κ2) is 5.98. The van der Waals surface area contributed by atoms with Crippen molar-refractivity contribution in [1.82, 2.24) is 4.90 Å². The van der Waals surface area contributed by atoms with E-state index in [1.54, 1.807) is 12.1 Å². The number of hydrogen-bond donors (Lipinski definition) is 0. The summed E-state index contributed by atoms with van der Waals surface area (Å²) in [4.78, 5) is 2.76. The van der Waals surface area contributed by atoms with E-state index < -0.39 is 10.8 Å². The van der Waals surface area contributed by atoms with E-state index in [9.17, 15) is 8.60 Å². The first kappa shape index (κ1) is 12.3. The van der Waals surface area contributed by atoms with Crippen molar-refractivity contribution < 1.29 is 8.60 Å². The van der Waals surface area contributed by atoms with Crippen molar-refractivity contribution in [3.63, 3.8) is 0 Å². The lowest BCUT2D eigenvalue weighted by molar-refractivity contribution is 0.409. The topological polar surface area (TPSA) is 20.3 Å². The zero-order valence-corrected chi connectivity index (χ0v) is 9.89. The molecule has 1 atom stereocenters. The molecular formula is C11H16FNOS. The van der Waals surface area contributed by atoms with E-state index in [1.165, 1.54) is 12.1 Å². The van der Waals surface area contributed by atoms with Gasteiger partial charge in [0, 0.05) is 10.6 Å². The van der Waals surface area contributed by atoms with Crippen LogP contribution in [0.5, 0.6) is 0 Å². The van der Waals surface area contributed by atoms with Crippen molar-refractivity contribution in [2.45, 2.75) is 11.3 Å². The molecule has 0 heterocycles. The molecule has 0 aliphatic carbocycles. The number of hydrogen-bond acceptors (Lipinski definition) is 2. The summed E-state index contributed by atoms with van der Waals surface area (Å²) in [7, 11) is 2.97. The van der Waals surface area contributed by atoms with E-state index in [1.807, 2.05) is 14.1 Å². The van der Waals surface area contributed by atoms with Crippen molar-refractivity contribution in [2.24, 2.45) is 0 Å². The fourth-order valence-corrected chi connectivity index (χ4v) is 2.28. The molecule has 0 saturated carbocycles. The Labute approximate surface area is 92.6 Å². The van der Waals surface area contributed by atoms with Crippen LogP contribution in [0.15, 0.2) is 29.2 Å². The van der Waals surface area contributed by atoms with Gasteiger partial charge in [-0.15, -0.1) is 0 Å². The summed E-state index contributed by atoms with van der Waals surface area (Å²) in [5, 5.41) is 0. The van der Waals surface area contributed by atoms with Crippen LogP contribution in [-0.2, 0) is 10.8 Å². The molecule has 0 amide bonds. The Balaban J connectivity index is 2.43. The zero-order chi connectivity index (χ0) is 11.3. The summed E-state index contributed by atoms with van der Waals surface area (Å²) in [6.45, 7) is 0.924. The molecule has 1 aromatic carbocycles. The first-order valence-corrected chi connectivity index (χ1v) is 6.20. The lowest BCUT2D eigenvalue weighted by atomic mass is 10.4. The molecule has 0 fully saturated rings. The molecule has 0 radical (unpaired) electrons. The average Bonchev–Trinajstić information content (AvgIpc) is 2.18. The second-order valence-corrected chi connectivity index (χ2v) is 5.23. The molecule has 0 saturated heterocycles. The molecule has 2 nitrogen and oxygen atoms in total. The van der Waals surface area contributed by atoms with Gasteiger partial charge in [-0.25, -0.2) is 4.39 Å². The van der Waals surface area contributed by atoms with Crippen LogP contribution in [0.1, 0.15) is 6.42 Å². The predicted molar refractivity (Wildman–Crippen MR) is 60.8 cm³/mol. The van der Waals surface area contributed by atoms with E-state index in [0.29, 0.717) is 10.6 Å². The summed E-state index contributed by atoms with van der Waals surface area (Å²) in [5.41, 5.74) is 0. The van der Waals surface area contributed by atoms with E-state index in [4.69, 9.17) is 0 Å². The Morgan fingerprint density at radius 3 is 2.40 bits per heavy atom. The molecule has 0 aliphatic heterocycles. The summed E-state index contributed by atoms with van der Waals surface area (Å²) >= 11 is 0. The summed E-state index contributed by atoms with van der Waals surface area (Å²) in [6, 6.07) is 5.86. The van der Waals surface area contributed by atoms with E-state index >= 15 is 0 Å². The zero-order valence-electron chi connectivity index (χ0n) is 9.07. The normalized spacial score (nSPS) is 13.1. The monoisotopic (exact) mass is 229 g/mol. The average molecular weight is 229 g/mol. The molecule has 0 N–H and O–H groups in total. The molecule has 15 heavy (non-hydrogen) atoms.